The van der Waals surface area contributed by atoms with E-state index in [4.69, 9.17) is 19.2 Å². The largest absolute Gasteiger partial charge is 0.668 e. The zero-order valence-corrected chi connectivity index (χ0v) is 18.5. The van der Waals surface area contributed by atoms with Crippen LogP contribution >= 0.6 is 0 Å². The van der Waals surface area contributed by atoms with E-state index in [0.29, 0.717) is 0 Å². The molecule has 0 saturated carbocycles. The molecule has 0 bridgehead atoms. The zero-order valence-electron chi connectivity index (χ0n) is 14.7. The zero-order chi connectivity index (χ0) is 17.1. The molecular formula is C16H38O4SiSn. The van der Waals surface area contributed by atoms with Gasteiger partial charge in [0.25, 0.3) is 0 Å². The molecule has 0 aromatic heterocycles. The molecule has 0 amide bonds. The van der Waals surface area contributed by atoms with E-state index in [1.165, 1.54) is 64.2 Å². The van der Waals surface area contributed by atoms with Gasteiger partial charge in [0.1, 0.15) is 0 Å². The summed E-state index contributed by atoms with van der Waals surface area (Å²) in [5.41, 5.74) is 0. The van der Waals surface area contributed by atoms with Gasteiger partial charge in [0, 0.05) is 0 Å². The molecule has 0 saturated heterocycles. The summed E-state index contributed by atoms with van der Waals surface area (Å²) in [6, 6.07) is 0. The van der Waals surface area contributed by atoms with Crippen LogP contribution in [-0.4, -0.2) is 49.4 Å². The van der Waals surface area contributed by atoms with Crippen molar-refractivity contribution in [2.24, 2.45) is 0 Å². The third-order valence-electron chi connectivity index (χ3n) is 3.41. The molecule has 0 unspecified atom stereocenters. The number of rotatable bonds is 14. The second kappa shape index (κ2) is 19.9. The minimum absolute atomic E-state index is 0.0736. The van der Waals surface area contributed by atoms with Gasteiger partial charge in [-0.05, 0) is 0 Å². The molecule has 0 aromatic rings. The van der Waals surface area contributed by atoms with Crippen molar-refractivity contribution in [1.29, 1.82) is 0 Å². The van der Waals surface area contributed by atoms with Gasteiger partial charge in [0.05, 0.1) is 0 Å². The quantitative estimate of drug-likeness (QED) is 0.245. The van der Waals surface area contributed by atoms with Gasteiger partial charge in [0.15, 0.2) is 0 Å². The molecule has 0 aromatic carbocycles. The molecule has 22 heavy (non-hydrogen) atoms. The first-order valence-corrected chi connectivity index (χ1v) is 14.8. The Kier molecular flexibility index (Phi) is 22.7. The van der Waals surface area contributed by atoms with Crippen LogP contribution in [0.15, 0.2) is 0 Å². The van der Waals surface area contributed by atoms with Crippen LogP contribution in [0.2, 0.25) is 8.87 Å². The first-order valence-electron chi connectivity index (χ1n) is 9.02. The van der Waals surface area contributed by atoms with Crippen LogP contribution in [0.25, 0.3) is 0 Å². The first kappa shape index (κ1) is 25.1. The maximum Gasteiger partial charge on any atom is 0.668 e. The van der Waals surface area contributed by atoms with E-state index in [2.05, 4.69) is 13.8 Å². The van der Waals surface area contributed by atoms with E-state index in [9.17, 15) is 0 Å². The fourth-order valence-electron chi connectivity index (χ4n) is 2.19. The molecule has 4 N–H and O–H groups in total. The summed E-state index contributed by atoms with van der Waals surface area (Å²) in [6.45, 7) is 4.60. The van der Waals surface area contributed by atoms with Crippen LogP contribution < -0.4 is 0 Å². The van der Waals surface area contributed by atoms with Gasteiger partial charge in [-0.25, -0.2) is 0 Å². The molecule has 0 aliphatic carbocycles. The predicted molar refractivity (Wildman–Crippen MR) is 96.7 cm³/mol. The summed E-state index contributed by atoms with van der Waals surface area (Å²) in [4.78, 5) is 29.3. The molecular weight excluding hydrogens is 403 g/mol. The second-order valence-electron chi connectivity index (χ2n) is 5.89. The Hall–Kier alpha value is 0.856. The molecule has 4 nitrogen and oxygen atoms in total. The van der Waals surface area contributed by atoms with Crippen LogP contribution in [-0.2, 0) is 0 Å². The molecule has 2 radical (unpaired) electrons. The molecule has 0 spiro atoms. The second-order valence-corrected chi connectivity index (χ2v) is 11.4. The van der Waals surface area contributed by atoms with Gasteiger partial charge in [-0.3, -0.25) is 0 Å². The summed E-state index contributed by atoms with van der Waals surface area (Å²) < 4.78 is 3.31. The number of hydrogen-bond donors (Lipinski definition) is 4. The van der Waals surface area contributed by atoms with Crippen molar-refractivity contribution in [1.82, 2.24) is 0 Å². The SMILES string of the molecule is CCCCCCC[CH2][Sn][CH2]CCCCCCC.O[Si](O)(O)O. The molecule has 0 rings (SSSR count). The molecule has 0 heterocycles. The number of unbranched alkanes of at least 4 members (excludes halogenated alkanes) is 10. The normalized spacial score (nSPS) is 11.2. The van der Waals surface area contributed by atoms with Crippen molar-refractivity contribution >= 4 is 30.2 Å². The van der Waals surface area contributed by atoms with Gasteiger partial charge in [-0.15, -0.1) is 0 Å². The fourth-order valence-corrected chi connectivity index (χ4v) is 5.75. The van der Waals surface area contributed by atoms with Crippen molar-refractivity contribution in [2.45, 2.75) is 99.8 Å². The topological polar surface area (TPSA) is 80.9 Å². The van der Waals surface area contributed by atoms with Gasteiger partial charge in [-0.2, -0.15) is 0 Å². The molecule has 0 aliphatic heterocycles. The van der Waals surface area contributed by atoms with E-state index in [1.54, 1.807) is 21.7 Å². The predicted octanol–water partition coefficient (Wildman–Crippen LogP) is 3.64. The van der Waals surface area contributed by atoms with Crippen molar-refractivity contribution < 1.29 is 19.2 Å². The van der Waals surface area contributed by atoms with Crippen LogP contribution in [0.3, 0.4) is 0 Å². The average Bonchev–Trinajstić information content (AvgIpc) is 2.42. The standard InChI is InChI=1S/2C8H17.H4O4Si.Sn/c2*1-3-5-7-8-6-4-2;1-5(2,3)4;/h2*1,3-8H2,2H3;1-4H;. The van der Waals surface area contributed by atoms with Gasteiger partial charge < -0.3 is 19.2 Å². The van der Waals surface area contributed by atoms with Crippen LogP contribution in [0, 0.1) is 0 Å². The van der Waals surface area contributed by atoms with Gasteiger partial charge >= 0.3 is 130 Å². The molecule has 134 valence electrons. The smallest absolute Gasteiger partial charge is 0.368 e. The first-order chi connectivity index (χ1) is 10.4. The summed E-state index contributed by atoms with van der Waals surface area (Å²) >= 11 is 0.0736. The summed E-state index contributed by atoms with van der Waals surface area (Å²) in [5, 5.41) is 0. The van der Waals surface area contributed by atoms with Crippen LogP contribution in [0.5, 0.6) is 0 Å². The van der Waals surface area contributed by atoms with E-state index in [-0.39, 0.29) is 21.1 Å². The Morgan fingerprint density at radius 1 is 0.545 bits per heavy atom. The minimum atomic E-state index is -4.61. The third kappa shape index (κ3) is 37.3. The minimum Gasteiger partial charge on any atom is -0.368 e. The van der Waals surface area contributed by atoms with Crippen molar-refractivity contribution in [3.8, 4) is 0 Å². The molecule has 0 atom stereocenters. The third-order valence-corrected chi connectivity index (χ3v) is 7.45. The van der Waals surface area contributed by atoms with Crippen LogP contribution in [0.1, 0.15) is 90.9 Å². The van der Waals surface area contributed by atoms with E-state index >= 15 is 0 Å². The van der Waals surface area contributed by atoms with E-state index in [0.717, 1.165) is 0 Å². The maximum absolute atomic E-state index is 7.33. The van der Waals surface area contributed by atoms with Crippen LogP contribution in [0.4, 0.5) is 0 Å². The number of hydrogen-bond acceptors (Lipinski definition) is 4. The Morgan fingerprint density at radius 2 is 0.818 bits per heavy atom. The van der Waals surface area contributed by atoms with Gasteiger partial charge in [0.2, 0.25) is 0 Å². The van der Waals surface area contributed by atoms with Crippen molar-refractivity contribution in [3.05, 3.63) is 0 Å². The molecule has 0 fully saturated rings. The van der Waals surface area contributed by atoms with Crippen molar-refractivity contribution in [3.63, 3.8) is 0 Å². The van der Waals surface area contributed by atoms with Gasteiger partial charge in [-0.1, -0.05) is 0 Å². The van der Waals surface area contributed by atoms with E-state index in [1.807, 2.05) is 0 Å². The average molecular weight is 441 g/mol. The molecule has 0 aliphatic rings. The molecule has 6 heteroatoms. The Balaban J connectivity index is 0. The maximum atomic E-state index is 7.33. The Morgan fingerprint density at radius 3 is 1.14 bits per heavy atom. The fraction of sp³-hybridized carbons (Fsp3) is 1.00. The monoisotopic (exact) mass is 442 g/mol. The summed E-state index contributed by atoms with van der Waals surface area (Å²) in [5.74, 6) is 0. The van der Waals surface area contributed by atoms with Crippen molar-refractivity contribution in [2.75, 3.05) is 0 Å². The summed E-state index contributed by atoms with van der Waals surface area (Å²) in [7, 11) is -4.61. The Bertz CT molecular complexity index is 181. The van der Waals surface area contributed by atoms with E-state index < -0.39 is 9.05 Å². The summed E-state index contributed by atoms with van der Waals surface area (Å²) in [6.07, 6.45) is 17.8. The Labute approximate surface area is 149 Å².